The van der Waals surface area contributed by atoms with Crippen LogP contribution in [0.1, 0.15) is 22.7 Å². The van der Waals surface area contributed by atoms with Gasteiger partial charge in [0.05, 0.1) is 6.04 Å². The van der Waals surface area contributed by atoms with Gasteiger partial charge in [-0.2, -0.15) is 0 Å². The predicted octanol–water partition coefficient (Wildman–Crippen LogP) is 4.47. The first-order chi connectivity index (χ1) is 10.1. The number of hydrogen-bond acceptors (Lipinski definition) is 1. The quantitative estimate of drug-likeness (QED) is 0.737. The number of nitrogens with two attached hydrogens (primary N) is 1. The fourth-order valence-corrected chi connectivity index (χ4v) is 2.63. The van der Waals surface area contributed by atoms with Crippen molar-refractivity contribution in [3.8, 4) is 0 Å². The Morgan fingerprint density at radius 3 is 2.24 bits per heavy atom. The third kappa shape index (κ3) is 2.41. The molecule has 0 fully saturated rings. The molecule has 0 aliphatic carbocycles. The molecule has 3 rings (SSSR count). The van der Waals surface area contributed by atoms with Crippen LogP contribution in [-0.4, -0.2) is 0 Å². The molecule has 106 valence electrons. The Balaban J connectivity index is 2.20. The molecule has 3 heteroatoms. The molecule has 1 unspecified atom stereocenters. The minimum Gasteiger partial charge on any atom is -0.320 e. The zero-order chi connectivity index (χ0) is 15.0. The third-order valence-corrected chi connectivity index (χ3v) is 3.73. The lowest BCUT2D eigenvalue weighted by atomic mass is 9.93. The van der Waals surface area contributed by atoms with Crippen molar-refractivity contribution in [1.82, 2.24) is 0 Å². The molecule has 0 bridgehead atoms. The average molecular weight is 283 g/mol. The van der Waals surface area contributed by atoms with Crippen LogP contribution in [0.2, 0.25) is 0 Å². The average Bonchev–Trinajstić information content (AvgIpc) is 2.50. The molecule has 0 aromatic heterocycles. The zero-order valence-corrected chi connectivity index (χ0v) is 11.6. The molecule has 3 aromatic rings. The summed E-state index contributed by atoms with van der Waals surface area (Å²) in [5, 5.41) is 1.21. The van der Waals surface area contributed by atoms with Crippen molar-refractivity contribution < 1.29 is 8.78 Å². The van der Waals surface area contributed by atoms with E-state index < -0.39 is 6.04 Å². The van der Waals surface area contributed by atoms with Gasteiger partial charge in [-0.15, -0.1) is 0 Å². The van der Waals surface area contributed by atoms with E-state index in [1.54, 1.807) is 36.4 Å². The van der Waals surface area contributed by atoms with Crippen molar-refractivity contribution in [2.24, 2.45) is 5.73 Å². The number of aryl methyl sites for hydroxylation is 1. The van der Waals surface area contributed by atoms with Gasteiger partial charge < -0.3 is 5.73 Å². The summed E-state index contributed by atoms with van der Waals surface area (Å²) in [7, 11) is 0. The summed E-state index contributed by atoms with van der Waals surface area (Å²) >= 11 is 0. The highest BCUT2D eigenvalue weighted by atomic mass is 19.1. The first kappa shape index (κ1) is 13.7. The van der Waals surface area contributed by atoms with E-state index in [1.807, 2.05) is 13.0 Å². The molecule has 1 atom stereocenters. The van der Waals surface area contributed by atoms with Gasteiger partial charge in [0.1, 0.15) is 11.6 Å². The van der Waals surface area contributed by atoms with Crippen LogP contribution in [0.4, 0.5) is 8.78 Å². The van der Waals surface area contributed by atoms with E-state index in [0.717, 1.165) is 11.1 Å². The molecule has 0 saturated carbocycles. The maximum absolute atomic E-state index is 14.0. The fourth-order valence-electron chi connectivity index (χ4n) is 2.63. The van der Waals surface area contributed by atoms with Crippen LogP contribution in [0.5, 0.6) is 0 Å². The summed E-state index contributed by atoms with van der Waals surface area (Å²) in [5.41, 5.74) is 8.32. The molecule has 0 saturated heterocycles. The Hall–Kier alpha value is -2.26. The largest absolute Gasteiger partial charge is 0.320 e. The minimum atomic E-state index is -0.629. The highest BCUT2D eigenvalue weighted by Crippen LogP contribution is 2.30. The SMILES string of the molecule is Cc1ccc(F)c(C(N)c2ccc(F)c3ccccc23)c1. The highest BCUT2D eigenvalue weighted by Gasteiger charge is 2.17. The van der Waals surface area contributed by atoms with Gasteiger partial charge in [0.25, 0.3) is 0 Å². The van der Waals surface area contributed by atoms with Gasteiger partial charge in [-0.05, 0) is 30.0 Å². The normalized spacial score (nSPS) is 12.6. The fraction of sp³-hybridized carbons (Fsp3) is 0.111. The molecule has 0 radical (unpaired) electrons. The summed E-state index contributed by atoms with van der Waals surface area (Å²) in [5.74, 6) is -0.646. The Kier molecular flexibility index (Phi) is 3.43. The van der Waals surface area contributed by atoms with Gasteiger partial charge in [-0.25, -0.2) is 8.78 Å². The van der Waals surface area contributed by atoms with E-state index in [4.69, 9.17) is 5.73 Å². The molecule has 0 aliphatic heterocycles. The zero-order valence-electron chi connectivity index (χ0n) is 11.6. The maximum atomic E-state index is 14.0. The van der Waals surface area contributed by atoms with Crippen LogP contribution < -0.4 is 5.73 Å². The number of rotatable bonds is 2. The molecule has 0 aliphatic rings. The van der Waals surface area contributed by atoms with Crippen LogP contribution in [-0.2, 0) is 0 Å². The molecule has 0 heterocycles. The summed E-state index contributed by atoms with van der Waals surface area (Å²) < 4.78 is 27.9. The van der Waals surface area contributed by atoms with Crippen molar-refractivity contribution in [1.29, 1.82) is 0 Å². The highest BCUT2D eigenvalue weighted by molar-refractivity contribution is 5.87. The second-order valence-electron chi connectivity index (χ2n) is 5.18. The van der Waals surface area contributed by atoms with Gasteiger partial charge in [0.2, 0.25) is 0 Å². The summed E-state index contributed by atoms with van der Waals surface area (Å²) in [4.78, 5) is 0. The Morgan fingerprint density at radius 2 is 1.48 bits per heavy atom. The van der Waals surface area contributed by atoms with Gasteiger partial charge in [0, 0.05) is 10.9 Å². The van der Waals surface area contributed by atoms with Gasteiger partial charge in [-0.1, -0.05) is 48.0 Å². The van der Waals surface area contributed by atoms with Crippen molar-refractivity contribution >= 4 is 10.8 Å². The van der Waals surface area contributed by atoms with Crippen LogP contribution in [0, 0.1) is 18.6 Å². The van der Waals surface area contributed by atoms with Crippen molar-refractivity contribution in [3.63, 3.8) is 0 Å². The lowest BCUT2D eigenvalue weighted by molar-refractivity contribution is 0.599. The van der Waals surface area contributed by atoms with E-state index in [1.165, 1.54) is 12.1 Å². The van der Waals surface area contributed by atoms with E-state index in [-0.39, 0.29) is 11.6 Å². The second kappa shape index (κ2) is 5.26. The molecule has 2 N–H and O–H groups in total. The molecular formula is C18H15F2N. The Morgan fingerprint density at radius 1 is 0.810 bits per heavy atom. The first-order valence-corrected chi connectivity index (χ1v) is 6.76. The van der Waals surface area contributed by atoms with Crippen molar-refractivity contribution in [3.05, 3.63) is 82.9 Å². The van der Waals surface area contributed by atoms with E-state index in [9.17, 15) is 8.78 Å². The predicted molar refractivity (Wildman–Crippen MR) is 81.1 cm³/mol. The lowest BCUT2D eigenvalue weighted by Crippen LogP contribution is -2.14. The Bertz CT molecular complexity index is 811. The van der Waals surface area contributed by atoms with Gasteiger partial charge in [-0.3, -0.25) is 0 Å². The van der Waals surface area contributed by atoms with Crippen LogP contribution in [0.3, 0.4) is 0 Å². The molecule has 1 nitrogen and oxygen atoms in total. The van der Waals surface area contributed by atoms with Crippen LogP contribution in [0.25, 0.3) is 10.8 Å². The smallest absolute Gasteiger partial charge is 0.131 e. The monoisotopic (exact) mass is 283 g/mol. The molecule has 0 spiro atoms. The summed E-state index contributed by atoms with van der Waals surface area (Å²) in [6, 6.07) is 14.3. The number of hydrogen-bond donors (Lipinski definition) is 1. The number of halogens is 2. The molecule has 3 aromatic carbocycles. The number of fused-ring (bicyclic) bond motifs is 1. The van der Waals surface area contributed by atoms with Crippen molar-refractivity contribution in [2.75, 3.05) is 0 Å². The number of benzene rings is 3. The maximum Gasteiger partial charge on any atom is 0.131 e. The standard InChI is InChI=1S/C18H15F2N/c1-11-6-8-17(20)15(10-11)18(21)14-7-9-16(19)13-5-3-2-4-12(13)14/h2-10,18H,21H2,1H3. The van der Waals surface area contributed by atoms with Crippen LogP contribution in [0.15, 0.2) is 54.6 Å². The third-order valence-electron chi connectivity index (χ3n) is 3.73. The van der Waals surface area contributed by atoms with E-state index in [0.29, 0.717) is 16.3 Å². The van der Waals surface area contributed by atoms with Crippen LogP contribution >= 0.6 is 0 Å². The van der Waals surface area contributed by atoms with Gasteiger partial charge >= 0.3 is 0 Å². The van der Waals surface area contributed by atoms with Gasteiger partial charge in [0.15, 0.2) is 0 Å². The summed E-state index contributed by atoms with van der Waals surface area (Å²) in [6.45, 7) is 1.89. The Labute approximate surface area is 122 Å². The van der Waals surface area contributed by atoms with E-state index >= 15 is 0 Å². The minimum absolute atomic E-state index is 0.300. The molecular weight excluding hydrogens is 268 g/mol. The molecule has 21 heavy (non-hydrogen) atoms. The van der Waals surface area contributed by atoms with E-state index in [2.05, 4.69) is 0 Å². The second-order valence-corrected chi connectivity index (χ2v) is 5.18. The lowest BCUT2D eigenvalue weighted by Gasteiger charge is -2.17. The topological polar surface area (TPSA) is 26.0 Å². The van der Waals surface area contributed by atoms with Crippen molar-refractivity contribution in [2.45, 2.75) is 13.0 Å². The summed E-state index contributed by atoms with van der Waals surface area (Å²) in [6.07, 6.45) is 0. The molecule has 0 amide bonds. The first-order valence-electron chi connectivity index (χ1n) is 6.76.